The average molecular weight is 966 g/mol. The van der Waals surface area contributed by atoms with Gasteiger partial charge in [0.05, 0.1) is 40.6 Å². The van der Waals surface area contributed by atoms with Crippen LogP contribution in [0.3, 0.4) is 0 Å². The molecule has 3 fully saturated rings. The summed E-state index contributed by atoms with van der Waals surface area (Å²) in [5.41, 5.74) is -2.28. The minimum absolute atomic E-state index is 0.00933. The van der Waals surface area contributed by atoms with Gasteiger partial charge in [0.1, 0.15) is 24.0 Å². The van der Waals surface area contributed by atoms with E-state index in [-0.39, 0.29) is 72.9 Å². The maximum Gasteiger partial charge on any atom is 0.419 e. The first-order valence-corrected chi connectivity index (χ1v) is 24.3. The van der Waals surface area contributed by atoms with Crippen molar-refractivity contribution < 1.29 is 50.2 Å². The highest BCUT2D eigenvalue weighted by molar-refractivity contribution is 7.93. The summed E-state index contributed by atoms with van der Waals surface area (Å²) in [6, 6.07) is 4.38. The van der Waals surface area contributed by atoms with E-state index in [1.807, 2.05) is 6.07 Å². The number of likely N-dealkylation sites (tertiary alicyclic amines) is 1. The van der Waals surface area contributed by atoms with Gasteiger partial charge in [0.2, 0.25) is 27.8 Å². The summed E-state index contributed by atoms with van der Waals surface area (Å²) in [4.78, 5) is 48.5. The summed E-state index contributed by atoms with van der Waals surface area (Å²) in [5, 5.41) is 19.3. The zero-order chi connectivity index (χ0) is 48.6. The van der Waals surface area contributed by atoms with E-state index in [1.54, 1.807) is 12.1 Å². The van der Waals surface area contributed by atoms with E-state index in [0.29, 0.717) is 36.9 Å². The second-order valence-corrected chi connectivity index (χ2v) is 20.9. The molecule has 3 amide bonds. The average Bonchev–Trinajstić information content (AvgIpc) is 3.86. The second kappa shape index (κ2) is 19.5. The van der Waals surface area contributed by atoms with Crippen molar-refractivity contribution in [2.75, 3.05) is 31.6 Å². The third kappa shape index (κ3) is 11.5. The van der Waals surface area contributed by atoms with Gasteiger partial charge in [-0.1, -0.05) is 17.9 Å². The number of carbonyl (C=O) groups is 3. The Kier molecular flexibility index (Phi) is 14.0. The van der Waals surface area contributed by atoms with Gasteiger partial charge in [-0.25, -0.2) is 27.5 Å². The van der Waals surface area contributed by atoms with Crippen LogP contribution in [-0.4, -0.2) is 116 Å². The number of imide groups is 1. The van der Waals surface area contributed by atoms with Crippen LogP contribution in [0, 0.1) is 17.8 Å². The molecule has 68 heavy (non-hydrogen) atoms. The number of anilines is 1. The first kappa shape index (κ1) is 48.9. The molecule has 0 bridgehead atoms. The molecule has 3 aromatic rings. The molecule has 16 nitrogen and oxygen atoms in total. The van der Waals surface area contributed by atoms with Gasteiger partial charge >= 0.3 is 6.18 Å². The van der Waals surface area contributed by atoms with Crippen molar-refractivity contribution in [3.05, 3.63) is 81.9 Å². The fourth-order valence-corrected chi connectivity index (χ4v) is 10.8. The van der Waals surface area contributed by atoms with Gasteiger partial charge < -0.3 is 25.0 Å². The summed E-state index contributed by atoms with van der Waals surface area (Å²) in [6.07, 6.45) is 5.61. The molecule has 2 aliphatic carbocycles. The van der Waals surface area contributed by atoms with E-state index >= 15 is 4.39 Å². The van der Waals surface area contributed by atoms with Gasteiger partial charge in [-0.2, -0.15) is 18.3 Å². The van der Waals surface area contributed by atoms with Crippen LogP contribution in [0.5, 0.6) is 0 Å². The predicted molar refractivity (Wildman–Crippen MR) is 241 cm³/mol. The Hall–Kier alpha value is -5.53. The Morgan fingerprint density at radius 2 is 1.79 bits per heavy atom. The number of hydrogen-bond donors (Lipinski definition) is 4. The minimum Gasteiger partial charge on any atom is -0.389 e. The van der Waals surface area contributed by atoms with Crippen LogP contribution >= 0.6 is 0 Å². The van der Waals surface area contributed by atoms with Crippen LogP contribution in [-0.2, 0) is 43.6 Å². The van der Waals surface area contributed by atoms with Gasteiger partial charge in [0, 0.05) is 67.7 Å². The minimum atomic E-state index is -4.81. The molecular formula is C47H55F4N9O7S. The van der Waals surface area contributed by atoms with E-state index < -0.39 is 56.4 Å². The summed E-state index contributed by atoms with van der Waals surface area (Å²) in [6.45, 7) is 7.69. The highest BCUT2D eigenvalue weighted by Crippen LogP contribution is 2.39. The molecule has 21 heteroatoms. The first-order valence-electron chi connectivity index (χ1n) is 22.8. The van der Waals surface area contributed by atoms with Crippen LogP contribution in [0.4, 0.5) is 23.5 Å². The molecule has 0 radical (unpaired) electrons. The van der Waals surface area contributed by atoms with E-state index in [0.717, 1.165) is 62.5 Å². The zero-order valence-electron chi connectivity index (χ0n) is 38.0. The largest absolute Gasteiger partial charge is 0.419 e. The lowest BCUT2D eigenvalue weighted by atomic mass is 9.86. The number of allylic oxidation sites excluding steroid dienone is 1. The smallest absolute Gasteiger partial charge is 0.389 e. The Bertz CT molecular complexity index is 2670. The third-order valence-electron chi connectivity index (χ3n) is 13.1. The zero-order valence-corrected chi connectivity index (χ0v) is 38.9. The van der Waals surface area contributed by atoms with E-state index in [9.17, 15) is 41.1 Å². The fraction of sp³-hybridized carbons (Fsp3) is 0.532. The van der Waals surface area contributed by atoms with Gasteiger partial charge in [0.25, 0.3) is 5.91 Å². The SMILES string of the molecule is CC(C)(O)Cn1cc(-c2nc(NC3(C)CC=C(S(=O)(=O)NC4CCC(CN5CCC(OCC#Cc6ccc7c(c6)CN(C6CCC(=O)NC6=O)C7=O)CC5)CC4)C=C3F)ncc2C(F)(F)F)cn1. The summed E-state index contributed by atoms with van der Waals surface area (Å²) < 4.78 is 95.0. The normalized spacial score (nSPS) is 24.2. The molecule has 5 heterocycles. The van der Waals surface area contributed by atoms with Gasteiger partial charge in [-0.3, -0.25) is 24.4 Å². The van der Waals surface area contributed by atoms with E-state index in [1.165, 1.54) is 48.8 Å². The Balaban J connectivity index is 0.764. The molecule has 3 aliphatic heterocycles. The molecule has 2 unspecified atom stereocenters. The monoisotopic (exact) mass is 965 g/mol. The molecule has 0 spiro atoms. The van der Waals surface area contributed by atoms with Gasteiger partial charge in [-0.05, 0) is 108 Å². The molecule has 2 aromatic heterocycles. The van der Waals surface area contributed by atoms with Crippen molar-refractivity contribution in [2.45, 2.75) is 127 Å². The fourth-order valence-electron chi connectivity index (χ4n) is 9.45. The molecule has 8 rings (SSSR count). The first-order chi connectivity index (χ1) is 32.1. The number of alkyl halides is 3. The number of benzene rings is 1. The third-order valence-corrected chi connectivity index (χ3v) is 14.7. The lowest BCUT2D eigenvalue weighted by Crippen LogP contribution is -2.52. The summed E-state index contributed by atoms with van der Waals surface area (Å²) in [5.74, 6) is 4.44. The predicted octanol–water partition coefficient (Wildman–Crippen LogP) is 5.21. The van der Waals surface area contributed by atoms with Crippen molar-refractivity contribution >= 4 is 33.7 Å². The number of nitrogens with zero attached hydrogens (tertiary/aromatic N) is 6. The molecule has 1 saturated carbocycles. The van der Waals surface area contributed by atoms with Crippen molar-refractivity contribution in [1.29, 1.82) is 0 Å². The maximum atomic E-state index is 15.8. The number of hydrogen-bond acceptors (Lipinski definition) is 12. The second-order valence-electron chi connectivity index (χ2n) is 19.2. The quantitative estimate of drug-likeness (QED) is 0.0992. The number of carbonyl (C=O) groups excluding carboxylic acids is 3. The molecule has 1 aromatic carbocycles. The number of rotatable bonds is 13. The van der Waals surface area contributed by atoms with Crippen LogP contribution in [0.2, 0.25) is 0 Å². The molecule has 2 atom stereocenters. The van der Waals surface area contributed by atoms with Crippen LogP contribution in [0.25, 0.3) is 11.3 Å². The van der Waals surface area contributed by atoms with Crippen molar-refractivity contribution in [3.63, 3.8) is 0 Å². The number of aliphatic hydroxyl groups is 1. The summed E-state index contributed by atoms with van der Waals surface area (Å²) >= 11 is 0. The highest BCUT2D eigenvalue weighted by atomic mass is 32.2. The Labute approximate surface area is 392 Å². The van der Waals surface area contributed by atoms with E-state index in [4.69, 9.17) is 4.74 Å². The van der Waals surface area contributed by atoms with Crippen molar-refractivity contribution in [3.8, 4) is 23.1 Å². The number of fused-ring (bicyclic) bond motifs is 1. The number of ether oxygens (including phenoxy) is 1. The molecule has 2 saturated heterocycles. The number of aromatic nitrogens is 4. The van der Waals surface area contributed by atoms with Crippen LogP contribution in [0.15, 0.2) is 59.7 Å². The number of halogens is 4. The van der Waals surface area contributed by atoms with Crippen LogP contribution in [0.1, 0.15) is 106 Å². The number of sulfonamides is 1. The highest BCUT2D eigenvalue weighted by Gasteiger charge is 2.41. The Morgan fingerprint density at radius 3 is 2.49 bits per heavy atom. The van der Waals surface area contributed by atoms with Crippen LogP contribution < -0.4 is 15.4 Å². The Morgan fingerprint density at radius 1 is 1.04 bits per heavy atom. The van der Waals surface area contributed by atoms with Gasteiger partial charge in [-0.15, -0.1) is 0 Å². The summed E-state index contributed by atoms with van der Waals surface area (Å²) in [7, 11) is -4.09. The molecule has 364 valence electrons. The lowest BCUT2D eigenvalue weighted by molar-refractivity contribution is -0.138. The van der Waals surface area contributed by atoms with Crippen molar-refractivity contribution in [2.24, 2.45) is 5.92 Å². The lowest BCUT2D eigenvalue weighted by Gasteiger charge is -2.36. The number of amides is 3. The molecular weight excluding hydrogens is 911 g/mol. The van der Waals surface area contributed by atoms with E-state index in [2.05, 4.69) is 47.2 Å². The molecule has 5 aliphatic rings. The molecule has 4 N–H and O–H groups in total. The van der Waals surface area contributed by atoms with Gasteiger partial charge in [0.15, 0.2) is 0 Å². The number of nitrogens with one attached hydrogen (secondary N) is 3. The topological polar surface area (TPSA) is 201 Å². The van der Waals surface area contributed by atoms with Crippen molar-refractivity contribution in [1.82, 2.24) is 39.6 Å². The standard InChI is InChI=1S/C47H55F4N9O7S/c1-45(2,64)28-59-26-32(23-53-59)41-37(47(49,50)51)24-52-44(55-41)56-46(3)17-14-35(22-39(46)48)68(65,66)57-33-9-6-30(7-10-33)25-58-18-15-34(16-19-58)67-20-4-5-29-8-11-36-31(21-29)27-60(43(36)63)38-12-13-40(61)54-42(38)62/h8,11,14,21-24,26,30,33-34,38,57,64H,6-7,9-10,12-13,15-20,25,27-28H2,1-3H3,(H,52,55,56)(H,54,61,62). The maximum absolute atomic E-state index is 15.8. The number of piperidine rings is 2.